The van der Waals surface area contributed by atoms with Gasteiger partial charge in [-0.15, -0.1) is 0 Å². The van der Waals surface area contributed by atoms with Crippen LogP contribution in [-0.2, 0) is 10.0 Å². The van der Waals surface area contributed by atoms with E-state index in [1.54, 1.807) is 12.1 Å². The van der Waals surface area contributed by atoms with Gasteiger partial charge in [0, 0.05) is 6.20 Å². The van der Waals surface area contributed by atoms with Crippen molar-refractivity contribution in [1.29, 1.82) is 5.26 Å². The Hall–Kier alpha value is -2.59. The highest BCUT2D eigenvalue weighted by Gasteiger charge is 2.20. The zero-order valence-electron chi connectivity index (χ0n) is 9.61. The van der Waals surface area contributed by atoms with Gasteiger partial charge in [0.1, 0.15) is 11.0 Å². The van der Waals surface area contributed by atoms with Gasteiger partial charge in [0.15, 0.2) is 11.6 Å². The number of hydrogen-bond acceptors (Lipinski definition) is 5. The van der Waals surface area contributed by atoms with Crippen molar-refractivity contribution in [3.63, 3.8) is 0 Å². The molecule has 0 aliphatic rings. The molecular formula is C12H9N3O3S. The van der Waals surface area contributed by atoms with Crippen molar-refractivity contribution in [3.05, 3.63) is 48.2 Å². The first kappa shape index (κ1) is 12.9. The van der Waals surface area contributed by atoms with Gasteiger partial charge >= 0.3 is 0 Å². The molecule has 0 aliphatic carbocycles. The third-order valence-electron chi connectivity index (χ3n) is 2.31. The molecule has 0 amide bonds. The summed E-state index contributed by atoms with van der Waals surface area (Å²) in [6.45, 7) is 0. The highest BCUT2D eigenvalue weighted by atomic mass is 32.2. The molecule has 19 heavy (non-hydrogen) atoms. The number of nitrogens with zero attached hydrogens (tertiary/aromatic N) is 2. The quantitative estimate of drug-likeness (QED) is 0.882. The van der Waals surface area contributed by atoms with Gasteiger partial charge in [-0.25, -0.2) is 13.4 Å². The van der Waals surface area contributed by atoms with Crippen molar-refractivity contribution in [2.75, 3.05) is 4.72 Å². The van der Waals surface area contributed by atoms with Crippen LogP contribution in [0.1, 0.15) is 5.56 Å². The standard InChI is InChI=1S/C12H9N3O3S/c13-8-9-4-1-2-6-11(9)19(17,18)15-12-10(16)5-3-7-14-12/h1-7,16H,(H,14,15). The summed E-state index contributed by atoms with van der Waals surface area (Å²) in [5.41, 5.74) is 0.0189. The topological polar surface area (TPSA) is 103 Å². The Morgan fingerprint density at radius 2 is 1.95 bits per heavy atom. The fraction of sp³-hybridized carbons (Fsp3) is 0. The Bertz CT molecular complexity index is 751. The van der Waals surface area contributed by atoms with Crippen LogP contribution in [0.4, 0.5) is 5.82 Å². The molecule has 0 aliphatic heterocycles. The fourth-order valence-corrected chi connectivity index (χ4v) is 2.63. The van der Waals surface area contributed by atoms with E-state index in [9.17, 15) is 13.5 Å². The van der Waals surface area contributed by atoms with Gasteiger partial charge in [0.25, 0.3) is 10.0 Å². The van der Waals surface area contributed by atoms with Gasteiger partial charge in [0.2, 0.25) is 0 Å². The van der Waals surface area contributed by atoms with E-state index < -0.39 is 10.0 Å². The molecule has 0 saturated heterocycles. The monoisotopic (exact) mass is 275 g/mol. The predicted molar refractivity (Wildman–Crippen MR) is 67.9 cm³/mol. The lowest BCUT2D eigenvalue weighted by Crippen LogP contribution is -2.15. The molecule has 2 N–H and O–H groups in total. The van der Waals surface area contributed by atoms with Crippen LogP contribution < -0.4 is 4.72 Å². The molecule has 0 atom stereocenters. The first-order valence-electron chi connectivity index (χ1n) is 5.20. The molecule has 7 heteroatoms. The van der Waals surface area contributed by atoms with E-state index in [0.29, 0.717) is 0 Å². The Morgan fingerprint density at radius 1 is 1.21 bits per heavy atom. The van der Waals surface area contributed by atoms with Crippen LogP contribution in [0.25, 0.3) is 0 Å². The molecule has 6 nitrogen and oxygen atoms in total. The Labute approximate surface area is 110 Å². The number of nitrogens with one attached hydrogen (secondary N) is 1. The molecule has 0 unspecified atom stereocenters. The number of anilines is 1. The molecule has 0 bridgehead atoms. The van der Waals surface area contributed by atoms with Crippen LogP contribution in [0, 0.1) is 11.3 Å². The average Bonchev–Trinajstić information content (AvgIpc) is 2.41. The van der Waals surface area contributed by atoms with Crippen LogP contribution in [-0.4, -0.2) is 18.5 Å². The van der Waals surface area contributed by atoms with Crippen molar-refractivity contribution in [1.82, 2.24) is 4.98 Å². The van der Waals surface area contributed by atoms with Crippen LogP contribution in [0.2, 0.25) is 0 Å². The molecular weight excluding hydrogens is 266 g/mol. The lowest BCUT2D eigenvalue weighted by Gasteiger charge is -2.09. The highest BCUT2D eigenvalue weighted by molar-refractivity contribution is 7.92. The van der Waals surface area contributed by atoms with Gasteiger partial charge in [-0.05, 0) is 24.3 Å². The third-order valence-corrected chi connectivity index (χ3v) is 3.71. The second kappa shape index (κ2) is 4.96. The molecule has 2 rings (SSSR count). The minimum atomic E-state index is -3.97. The molecule has 0 radical (unpaired) electrons. The largest absolute Gasteiger partial charge is 0.504 e. The van der Waals surface area contributed by atoms with Crippen molar-refractivity contribution in [2.45, 2.75) is 4.90 Å². The maximum Gasteiger partial charge on any atom is 0.264 e. The van der Waals surface area contributed by atoms with E-state index in [0.717, 1.165) is 0 Å². The van der Waals surface area contributed by atoms with Crippen LogP contribution >= 0.6 is 0 Å². The predicted octanol–water partition coefficient (Wildman–Crippen LogP) is 1.46. The summed E-state index contributed by atoms with van der Waals surface area (Å²) >= 11 is 0. The SMILES string of the molecule is N#Cc1ccccc1S(=O)(=O)Nc1ncccc1O. The zero-order chi connectivity index (χ0) is 13.9. The van der Waals surface area contributed by atoms with E-state index in [4.69, 9.17) is 5.26 Å². The Kier molecular flexibility index (Phi) is 3.35. The van der Waals surface area contributed by atoms with Crippen molar-refractivity contribution in [2.24, 2.45) is 0 Å². The number of aromatic nitrogens is 1. The first-order valence-corrected chi connectivity index (χ1v) is 6.69. The summed E-state index contributed by atoms with van der Waals surface area (Å²) in [6.07, 6.45) is 1.34. The minimum Gasteiger partial charge on any atom is -0.504 e. The number of rotatable bonds is 3. The van der Waals surface area contributed by atoms with E-state index >= 15 is 0 Å². The van der Waals surface area contributed by atoms with Crippen molar-refractivity contribution in [3.8, 4) is 11.8 Å². The number of benzene rings is 1. The summed E-state index contributed by atoms with van der Waals surface area (Å²) in [5.74, 6) is -0.476. The van der Waals surface area contributed by atoms with Gasteiger partial charge in [0.05, 0.1) is 5.56 Å². The van der Waals surface area contributed by atoms with E-state index in [-0.39, 0.29) is 22.0 Å². The number of aromatic hydroxyl groups is 1. The zero-order valence-corrected chi connectivity index (χ0v) is 10.4. The fourth-order valence-electron chi connectivity index (χ4n) is 1.45. The van der Waals surface area contributed by atoms with Crippen molar-refractivity contribution >= 4 is 15.8 Å². The highest BCUT2D eigenvalue weighted by Crippen LogP contribution is 2.23. The lowest BCUT2D eigenvalue weighted by atomic mass is 10.2. The minimum absolute atomic E-state index is 0.0189. The lowest BCUT2D eigenvalue weighted by molar-refractivity contribution is 0.475. The summed E-state index contributed by atoms with van der Waals surface area (Å²) in [5, 5.41) is 18.4. The van der Waals surface area contributed by atoms with Gasteiger partial charge in [-0.1, -0.05) is 12.1 Å². The number of pyridine rings is 1. The maximum atomic E-state index is 12.1. The molecule has 2 aromatic rings. The second-order valence-corrected chi connectivity index (χ2v) is 5.24. The molecule has 0 spiro atoms. The van der Waals surface area contributed by atoms with Crippen LogP contribution in [0.5, 0.6) is 5.75 Å². The number of sulfonamides is 1. The smallest absolute Gasteiger partial charge is 0.264 e. The van der Waals surface area contributed by atoms with E-state index in [1.165, 1.54) is 36.5 Å². The van der Waals surface area contributed by atoms with Gasteiger partial charge in [-0.3, -0.25) is 4.72 Å². The molecule has 1 aromatic carbocycles. The molecule has 1 aromatic heterocycles. The first-order chi connectivity index (χ1) is 9.04. The Balaban J connectivity index is 2.45. The summed E-state index contributed by atoms with van der Waals surface area (Å²) in [6, 6.07) is 10.4. The molecule has 1 heterocycles. The van der Waals surface area contributed by atoms with Gasteiger partial charge in [-0.2, -0.15) is 5.26 Å². The normalized spacial score (nSPS) is 10.7. The molecule has 0 fully saturated rings. The average molecular weight is 275 g/mol. The summed E-state index contributed by atoms with van der Waals surface area (Å²) < 4.78 is 26.4. The van der Waals surface area contributed by atoms with Gasteiger partial charge < -0.3 is 5.11 Å². The Morgan fingerprint density at radius 3 is 2.63 bits per heavy atom. The van der Waals surface area contributed by atoms with E-state index in [1.807, 2.05) is 0 Å². The number of hydrogen-bond donors (Lipinski definition) is 2. The maximum absolute atomic E-state index is 12.1. The third kappa shape index (κ3) is 2.64. The molecule has 96 valence electrons. The van der Waals surface area contributed by atoms with Crippen LogP contribution in [0.3, 0.4) is 0 Å². The van der Waals surface area contributed by atoms with E-state index in [2.05, 4.69) is 9.71 Å². The number of nitriles is 1. The second-order valence-electron chi connectivity index (χ2n) is 3.58. The summed E-state index contributed by atoms with van der Waals surface area (Å²) in [7, 11) is -3.97. The molecule has 0 saturated carbocycles. The van der Waals surface area contributed by atoms with Crippen LogP contribution in [0.15, 0.2) is 47.5 Å². The summed E-state index contributed by atoms with van der Waals surface area (Å²) in [4.78, 5) is 3.56. The van der Waals surface area contributed by atoms with Crippen molar-refractivity contribution < 1.29 is 13.5 Å².